The number of amides is 2. The summed E-state index contributed by atoms with van der Waals surface area (Å²) in [5.74, 6) is 3.92. The molecular formula is C44H44N6O4. The van der Waals surface area contributed by atoms with Gasteiger partial charge in [-0.25, -0.2) is 19.6 Å². The fourth-order valence-electron chi connectivity index (χ4n) is 9.66. The SMILES string of the molecule is CC(C)(C)OC(=O)N1[C@H](c2nc3ccc(-c4ccc5cc(-c6ccc7nc([C@@H]8C[C@H]9C[C@H]9N8C(=O)OC(C)(C)C)[nH]c7c6)ccc5c4)cc3[nH]2)C2C3[C@H]2[C@@H]31. The number of likely N-dealkylation sites (tertiary alicyclic amines) is 1. The fraction of sp³-hybridized carbons (Fsp3) is 0.409. The molecule has 2 aromatic heterocycles. The average molecular weight is 721 g/mol. The molecule has 6 aromatic rings. The molecule has 0 spiro atoms. The number of aromatic nitrogens is 4. The van der Waals surface area contributed by atoms with Gasteiger partial charge >= 0.3 is 12.2 Å². The third-order valence-electron chi connectivity index (χ3n) is 12.2. The van der Waals surface area contributed by atoms with Gasteiger partial charge in [-0.3, -0.25) is 9.80 Å². The van der Waals surface area contributed by atoms with Crippen LogP contribution in [-0.4, -0.2) is 65.2 Å². The molecule has 5 heterocycles. The fourth-order valence-corrected chi connectivity index (χ4v) is 9.66. The van der Waals surface area contributed by atoms with E-state index in [-0.39, 0.29) is 30.3 Å². The molecule has 6 fully saturated rings. The number of piperidine rings is 2. The van der Waals surface area contributed by atoms with E-state index in [4.69, 9.17) is 19.4 Å². The maximum Gasteiger partial charge on any atom is 0.411 e. The highest BCUT2D eigenvalue weighted by Gasteiger charge is 2.86. The van der Waals surface area contributed by atoms with Crippen LogP contribution in [0.4, 0.5) is 9.59 Å². The quantitative estimate of drug-likeness (QED) is 0.187. The third-order valence-corrected chi connectivity index (χ3v) is 12.2. The highest BCUT2D eigenvalue weighted by atomic mass is 16.6. The zero-order valence-electron chi connectivity index (χ0n) is 31.4. The van der Waals surface area contributed by atoms with E-state index >= 15 is 0 Å². The number of imidazole rings is 2. The average Bonchev–Trinajstić information content (AvgIpc) is 3.94. The molecule has 8 atom stereocenters. The van der Waals surface area contributed by atoms with E-state index in [2.05, 4.69) is 82.8 Å². The number of carbonyl (C=O) groups excluding carboxylic acids is 2. The van der Waals surface area contributed by atoms with E-state index in [1.165, 1.54) is 0 Å². The van der Waals surface area contributed by atoms with Gasteiger partial charge in [-0.1, -0.05) is 36.4 Å². The molecule has 2 amide bonds. The van der Waals surface area contributed by atoms with Gasteiger partial charge in [-0.15, -0.1) is 0 Å². The first-order chi connectivity index (χ1) is 25.8. The molecule has 2 N–H and O–H groups in total. The Morgan fingerprint density at radius 1 is 0.630 bits per heavy atom. The molecule has 4 aromatic carbocycles. The third kappa shape index (κ3) is 5.05. The lowest BCUT2D eigenvalue weighted by molar-refractivity contribution is 0.0172. The van der Waals surface area contributed by atoms with Gasteiger partial charge in [-0.2, -0.15) is 0 Å². The van der Waals surface area contributed by atoms with E-state index in [1.54, 1.807) is 0 Å². The highest BCUT2D eigenvalue weighted by molar-refractivity contribution is 5.93. The molecule has 6 aliphatic rings. The number of nitrogens with one attached hydrogen (secondary N) is 2. The number of hydrogen-bond donors (Lipinski definition) is 2. The van der Waals surface area contributed by atoms with Crippen LogP contribution in [0.5, 0.6) is 0 Å². The number of ether oxygens (including phenoxy) is 2. The Labute approximate surface area is 313 Å². The topological polar surface area (TPSA) is 116 Å². The summed E-state index contributed by atoms with van der Waals surface area (Å²) in [6, 6.07) is 26.3. The molecular weight excluding hydrogens is 677 g/mol. The number of rotatable bonds is 4. The van der Waals surface area contributed by atoms with E-state index < -0.39 is 11.2 Å². The molecule has 3 aliphatic carbocycles. The highest BCUT2D eigenvalue weighted by Crippen LogP contribution is 2.81. The van der Waals surface area contributed by atoms with Crippen molar-refractivity contribution in [1.29, 1.82) is 0 Å². The van der Waals surface area contributed by atoms with Crippen LogP contribution in [0.15, 0.2) is 72.8 Å². The van der Waals surface area contributed by atoms with Crippen LogP contribution in [0.25, 0.3) is 55.1 Å². The molecule has 10 heteroatoms. The van der Waals surface area contributed by atoms with E-state index in [1.807, 2.05) is 51.3 Å². The lowest BCUT2D eigenvalue weighted by atomic mass is 9.97. The van der Waals surface area contributed by atoms with Crippen molar-refractivity contribution in [2.24, 2.45) is 23.7 Å². The second kappa shape index (κ2) is 10.6. The number of aromatic amines is 2. The Bertz CT molecular complexity index is 2570. The molecule has 3 saturated heterocycles. The summed E-state index contributed by atoms with van der Waals surface area (Å²) in [6.45, 7) is 11.5. The predicted octanol–water partition coefficient (Wildman–Crippen LogP) is 9.53. The summed E-state index contributed by atoms with van der Waals surface area (Å²) in [5, 5.41) is 2.32. The number of benzene rings is 4. The zero-order chi connectivity index (χ0) is 37.0. The van der Waals surface area contributed by atoms with Crippen molar-refractivity contribution in [2.45, 2.75) is 89.8 Å². The summed E-state index contributed by atoms with van der Waals surface area (Å²) in [7, 11) is 0. The van der Waals surface area contributed by atoms with Crippen molar-refractivity contribution in [2.75, 3.05) is 0 Å². The van der Waals surface area contributed by atoms with Crippen molar-refractivity contribution >= 4 is 45.0 Å². The predicted molar refractivity (Wildman–Crippen MR) is 207 cm³/mol. The number of nitrogens with zero attached hydrogens (tertiary/aromatic N) is 4. The van der Waals surface area contributed by atoms with Crippen LogP contribution in [0.1, 0.15) is 78.1 Å². The van der Waals surface area contributed by atoms with Gasteiger partial charge in [0.15, 0.2) is 0 Å². The molecule has 10 nitrogen and oxygen atoms in total. The first-order valence-corrected chi connectivity index (χ1v) is 19.3. The number of fused-ring (bicyclic) bond motifs is 5. The lowest BCUT2D eigenvalue weighted by Crippen LogP contribution is -2.38. The zero-order valence-corrected chi connectivity index (χ0v) is 31.4. The van der Waals surface area contributed by atoms with Gasteiger partial charge in [0.25, 0.3) is 0 Å². The van der Waals surface area contributed by atoms with Crippen molar-refractivity contribution in [3.63, 3.8) is 0 Å². The lowest BCUT2D eigenvalue weighted by Gasteiger charge is -2.29. The minimum atomic E-state index is -0.539. The van der Waals surface area contributed by atoms with Gasteiger partial charge in [0.1, 0.15) is 22.9 Å². The second-order valence-electron chi connectivity index (χ2n) is 18.2. The van der Waals surface area contributed by atoms with Gasteiger partial charge in [-0.05, 0) is 147 Å². The Morgan fingerprint density at radius 2 is 1.13 bits per heavy atom. The Balaban J connectivity index is 0.837. The summed E-state index contributed by atoms with van der Waals surface area (Å²) < 4.78 is 11.6. The molecule has 12 rings (SSSR count). The van der Waals surface area contributed by atoms with Crippen LogP contribution < -0.4 is 0 Å². The van der Waals surface area contributed by atoms with Crippen molar-refractivity contribution in [1.82, 2.24) is 29.7 Å². The van der Waals surface area contributed by atoms with Crippen LogP contribution in [0.2, 0.25) is 0 Å². The van der Waals surface area contributed by atoms with E-state index in [0.717, 1.165) is 79.6 Å². The van der Waals surface area contributed by atoms with Crippen LogP contribution in [0, 0.1) is 23.7 Å². The molecule has 2 bridgehead atoms. The van der Waals surface area contributed by atoms with Crippen LogP contribution in [0.3, 0.4) is 0 Å². The molecule has 3 saturated carbocycles. The van der Waals surface area contributed by atoms with E-state index in [0.29, 0.717) is 29.7 Å². The van der Waals surface area contributed by atoms with Crippen LogP contribution >= 0.6 is 0 Å². The smallest absolute Gasteiger partial charge is 0.411 e. The Morgan fingerprint density at radius 3 is 1.70 bits per heavy atom. The largest absolute Gasteiger partial charge is 0.444 e. The van der Waals surface area contributed by atoms with Gasteiger partial charge in [0.2, 0.25) is 0 Å². The molecule has 0 radical (unpaired) electrons. The normalized spacial score (nSPS) is 27.7. The molecule has 54 heavy (non-hydrogen) atoms. The van der Waals surface area contributed by atoms with Gasteiger partial charge in [0.05, 0.1) is 34.2 Å². The summed E-state index contributed by atoms with van der Waals surface area (Å²) >= 11 is 0. The molecule has 274 valence electrons. The summed E-state index contributed by atoms with van der Waals surface area (Å²) in [4.78, 5) is 47.2. The van der Waals surface area contributed by atoms with E-state index in [9.17, 15) is 9.59 Å². The van der Waals surface area contributed by atoms with Crippen molar-refractivity contribution in [3.05, 3.63) is 84.4 Å². The standard InChI is InChI=1S/C44H44N6O4/c1-43(2,3)53-41(51)49-32-19-27(32)20-33(49)39-45-28-13-11-25(17-30(28)47-39)23-9-7-22-16-24(10-8-21(22)15-23)26-12-14-29-31(18-26)48-40(46-29)38-36-34-35(36)37(34)50(38)42(52)54-44(4,5)6/h7-18,27,32-38H,19-20H2,1-6H3,(H,45,47)(H,46,48)/t27-,32-,33+,34-,35?,36?,37+,38+/m1/s1. The van der Waals surface area contributed by atoms with Gasteiger partial charge in [0, 0.05) is 12.1 Å². The van der Waals surface area contributed by atoms with Crippen LogP contribution in [-0.2, 0) is 9.47 Å². The molecule has 3 aliphatic heterocycles. The monoisotopic (exact) mass is 720 g/mol. The minimum absolute atomic E-state index is 0.0473. The van der Waals surface area contributed by atoms with Crippen molar-refractivity contribution < 1.29 is 19.1 Å². The Kier molecular flexibility index (Phi) is 6.32. The Hall–Kier alpha value is -5.38. The first-order valence-electron chi connectivity index (χ1n) is 19.3. The maximum absolute atomic E-state index is 13.2. The molecule has 2 unspecified atom stereocenters. The minimum Gasteiger partial charge on any atom is -0.444 e. The summed E-state index contributed by atoms with van der Waals surface area (Å²) in [5.41, 5.74) is 7.14. The van der Waals surface area contributed by atoms with Crippen molar-refractivity contribution in [3.8, 4) is 22.3 Å². The maximum atomic E-state index is 13.2. The van der Waals surface area contributed by atoms with Gasteiger partial charge < -0.3 is 19.4 Å². The number of carbonyl (C=O) groups is 2. The number of H-pyrrole nitrogens is 2. The first kappa shape index (κ1) is 32.1. The second-order valence-corrected chi connectivity index (χ2v) is 18.2. The summed E-state index contributed by atoms with van der Waals surface area (Å²) in [6.07, 6.45) is 1.48. The number of hydrogen-bond acceptors (Lipinski definition) is 6.